The predicted octanol–water partition coefficient (Wildman–Crippen LogP) is 5.04. The summed E-state index contributed by atoms with van der Waals surface area (Å²) >= 11 is 10.7. The number of rotatable bonds is 3. The second-order valence-corrected chi connectivity index (χ2v) is 6.68. The van der Waals surface area contributed by atoms with Crippen molar-refractivity contribution < 1.29 is 9.18 Å². The maximum atomic E-state index is 13.1. The zero-order chi connectivity index (χ0) is 13.3. The van der Waals surface area contributed by atoms with Gasteiger partial charge in [-0.05, 0) is 58.2 Å². The number of carbonyl (C=O) groups excluding carboxylic acids is 1. The summed E-state index contributed by atoms with van der Waals surface area (Å²) in [6.07, 6.45) is 0.114. The van der Waals surface area contributed by atoms with Crippen LogP contribution in [-0.4, -0.2) is 5.78 Å². The zero-order valence-electron chi connectivity index (χ0n) is 9.47. The highest BCUT2D eigenvalue weighted by Crippen LogP contribution is 2.29. The molecule has 0 atom stereocenters. The molecule has 1 aromatic carbocycles. The van der Waals surface area contributed by atoms with Gasteiger partial charge >= 0.3 is 0 Å². The largest absolute Gasteiger partial charge is 0.293 e. The molecule has 0 aliphatic heterocycles. The predicted molar refractivity (Wildman–Crippen MR) is 76.2 cm³/mol. The van der Waals surface area contributed by atoms with Gasteiger partial charge in [0.25, 0.3) is 0 Å². The Hall–Kier alpha value is -0.710. The van der Waals surface area contributed by atoms with E-state index in [1.807, 2.05) is 13.0 Å². The molecule has 0 saturated heterocycles. The third kappa shape index (κ3) is 2.99. The number of halogens is 3. The van der Waals surface area contributed by atoms with E-state index in [1.165, 1.54) is 29.5 Å². The van der Waals surface area contributed by atoms with Gasteiger partial charge in [-0.25, -0.2) is 4.39 Å². The van der Waals surface area contributed by atoms with E-state index in [9.17, 15) is 9.18 Å². The molecule has 0 spiro atoms. The van der Waals surface area contributed by atoms with Crippen LogP contribution in [0.4, 0.5) is 4.39 Å². The van der Waals surface area contributed by atoms with Crippen molar-refractivity contribution in [3.8, 4) is 0 Å². The van der Waals surface area contributed by atoms with Crippen LogP contribution in [0.15, 0.2) is 28.1 Å². The highest BCUT2D eigenvalue weighted by atomic mass is 79.9. The Labute approximate surface area is 122 Å². The number of aryl methyl sites for hydroxylation is 1. The summed E-state index contributed by atoms with van der Waals surface area (Å²) in [5.74, 6) is -0.438. The van der Waals surface area contributed by atoms with Crippen molar-refractivity contribution in [2.75, 3.05) is 0 Å². The standard InChI is InChI=1S/C13H9BrClFOS/c1-7-4-12(18-13(7)14)11(17)6-8-5-9(16)2-3-10(8)15/h2-5H,6H2,1H3. The Bertz CT molecular complexity index is 590. The molecular formula is C13H9BrClFOS. The highest BCUT2D eigenvalue weighted by molar-refractivity contribution is 9.11. The average molecular weight is 348 g/mol. The molecule has 0 unspecified atom stereocenters. The van der Waals surface area contributed by atoms with Gasteiger partial charge in [0.05, 0.1) is 8.66 Å². The van der Waals surface area contributed by atoms with E-state index in [0.29, 0.717) is 15.5 Å². The van der Waals surface area contributed by atoms with Gasteiger partial charge in [0.15, 0.2) is 5.78 Å². The van der Waals surface area contributed by atoms with E-state index in [2.05, 4.69) is 15.9 Å². The smallest absolute Gasteiger partial charge is 0.177 e. The summed E-state index contributed by atoms with van der Waals surface area (Å²) in [5.41, 5.74) is 1.54. The van der Waals surface area contributed by atoms with E-state index in [0.717, 1.165) is 9.35 Å². The van der Waals surface area contributed by atoms with Crippen LogP contribution in [0, 0.1) is 12.7 Å². The summed E-state index contributed by atoms with van der Waals surface area (Å²) in [6, 6.07) is 5.87. The molecule has 1 aromatic heterocycles. The second-order valence-electron chi connectivity index (χ2n) is 3.90. The van der Waals surface area contributed by atoms with Crippen LogP contribution in [0.25, 0.3) is 0 Å². The minimum Gasteiger partial charge on any atom is -0.293 e. The summed E-state index contributed by atoms with van der Waals surface area (Å²) in [7, 11) is 0. The molecule has 0 amide bonds. The molecule has 18 heavy (non-hydrogen) atoms. The molecular weight excluding hydrogens is 339 g/mol. The quantitative estimate of drug-likeness (QED) is 0.711. The zero-order valence-corrected chi connectivity index (χ0v) is 12.6. The Morgan fingerprint density at radius 1 is 1.44 bits per heavy atom. The van der Waals surface area contributed by atoms with Crippen molar-refractivity contribution in [1.82, 2.24) is 0 Å². The summed E-state index contributed by atoms with van der Waals surface area (Å²) in [6.45, 7) is 1.92. The van der Waals surface area contributed by atoms with Gasteiger partial charge in [-0.1, -0.05) is 11.6 Å². The number of hydrogen-bond acceptors (Lipinski definition) is 2. The van der Waals surface area contributed by atoms with Gasteiger partial charge in [-0.2, -0.15) is 0 Å². The Balaban J connectivity index is 2.23. The van der Waals surface area contributed by atoms with Crippen LogP contribution in [0.5, 0.6) is 0 Å². The van der Waals surface area contributed by atoms with E-state index in [4.69, 9.17) is 11.6 Å². The first kappa shape index (κ1) is 13.7. The Kier molecular flexibility index (Phi) is 4.20. The van der Waals surface area contributed by atoms with Crippen LogP contribution >= 0.6 is 38.9 Å². The summed E-state index contributed by atoms with van der Waals surface area (Å²) in [5, 5.41) is 0.414. The molecule has 0 aliphatic rings. The molecule has 0 saturated carbocycles. The van der Waals surface area contributed by atoms with Gasteiger partial charge in [-0.15, -0.1) is 11.3 Å². The molecule has 2 rings (SSSR count). The number of Topliss-reactive ketones (excluding diaryl/α,β-unsaturated/α-hetero) is 1. The first-order chi connectivity index (χ1) is 8.47. The fourth-order valence-corrected chi connectivity index (χ4v) is 3.19. The van der Waals surface area contributed by atoms with Crippen LogP contribution in [0.3, 0.4) is 0 Å². The third-order valence-corrected chi connectivity index (χ3v) is 5.04. The Morgan fingerprint density at radius 3 is 2.78 bits per heavy atom. The van der Waals surface area contributed by atoms with E-state index in [-0.39, 0.29) is 18.0 Å². The number of hydrogen-bond donors (Lipinski definition) is 0. The van der Waals surface area contributed by atoms with E-state index < -0.39 is 0 Å². The molecule has 1 nitrogen and oxygen atoms in total. The number of thiophene rings is 1. The van der Waals surface area contributed by atoms with Gasteiger partial charge in [-0.3, -0.25) is 4.79 Å². The van der Waals surface area contributed by atoms with Crippen LogP contribution in [0.2, 0.25) is 5.02 Å². The third-order valence-electron chi connectivity index (χ3n) is 2.49. The second kappa shape index (κ2) is 5.51. The number of benzene rings is 1. The van der Waals surface area contributed by atoms with Crippen LogP contribution in [-0.2, 0) is 6.42 Å². The highest BCUT2D eigenvalue weighted by Gasteiger charge is 2.14. The lowest BCUT2D eigenvalue weighted by atomic mass is 10.1. The average Bonchev–Trinajstić information content (AvgIpc) is 2.64. The van der Waals surface area contributed by atoms with Crippen molar-refractivity contribution in [3.63, 3.8) is 0 Å². The van der Waals surface area contributed by atoms with E-state index in [1.54, 1.807) is 0 Å². The van der Waals surface area contributed by atoms with E-state index >= 15 is 0 Å². The molecule has 0 N–H and O–H groups in total. The minimum atomic E-state index is -0.384. The van der Waals surface area contributed by atoms with Gasteiger partial charge in [0, 0.05) is 11.4 Å². The molecule has 5 heteroatoms. The SMILES string of the molecule is Cc1cc(C(=O)Cc2cc(F)ccc2Cl)sc1Br. The maximum absolute atomic E-state index is 13.1. The Morgan fingerprint density at radius 2 is 2.17 bits per heavy atom. The molecule has 94 valence electrons. The van der Waals surface area contributed by atoms with Crippen LogP contribution < -0.4 is 0 Å². The monoisotopic (exact) mass is 346 g/mol. The molecule has 0 aliphatic carbocycles. The molecule has 0 fully saturated rings. The minimum absolute atomic E-state index is 0.0544. The van der Waals surface area contributed by atoms with Crippen molar-refractivity contribution >= 4 is 44.7 Å². The van der Waals surface area contributed by atoms with Crippen molar-refractivity contribution in [3.05, 3.63) is 54.9 Å². The van der Waals surface area contributed by atoms with Crippen molar-refractivity contribution in [2.45, 2.75) is 13.3 Å². The lowest BCUT2D eigenvalue weighted by Crippen LogP contribution is -2.02. The first-order valence-corrected chi connectivity index (χ1v) is 7.19. The van der Waals surface area contributed by atoms with Gasteiger partial charge in [0.2, 0.25) is 0 Å². The van der Waals surface area contributed by atoms with Crippen molar-refractivity contribution in [2.24, 2.45) is 0 Å². The van der Waals surface area contributed by atoms with Gasteiger partial charge < -0.3 is 0 Å². The summed E-state index contributed by atoms with van der Waals surface area (Å²) < 4.78 is 14.0. The summed E-state index contributed by atoms with van der Waals surface area (Å²) in [4.78, 5) is 12.7. The molecule has 0 bridgehead atoms. The fourth-order valence-electron chi connectivity index (χ4n) is 1.54. The topological polar surface area (TPSA) is 17.1 Å². The maximum Gasteiger partial charge on any atom is 0.177 e. The molecule has 1 heterocycles. The normalized spacial score (nSPS) is 10.7. The lowest BCUT2D eigenvalue weighted by Gasteiger charge is -2.02. The van der Waals surface area contributed by atoms with Crippen molar-refractivity contribution in [1.29, 1.82) is 0 Å². The van der Waals surface area contributed by atoms with Crippen LogP contribution in [0.1, 0.15) is 20.8 Å². The fraction of sp³-hybridized carbons (Fsp3) is 0.154. The molecule has 0 radical (unpaired) electrons. The number of ketones is 1. The van der Waals surface area contributed by atoms with Gasteiger partial charge in [0.1, 0.15) is 5.82 Å². The first-order valence-electron chi connectivity index (χ1n) is 5.20. The lowest BCUT2D eigenvalue weighted by molar-refractivity contribution is 0.0997. The molecule has 2 aromatic rings. The number of carbonyl (C=O) groups is 1.